The van der Waals surface area contributed by atoms with Crippen LogP contribution >= 0.6 is 0 Å². The Kier molecular flexibility index (Phi) is 3.20. The molecular weight excluding hydrogens is 239 g/mol. The second-order valence-electron chi connectivity index (χ2n) is 5.08. The van der Waals surface area contributed by atoms with Crippen LogP contribution in [-0.2, 0) is 12.8 Å². The summed E-state index contributed by atoms with van der Waals surface area (Å²) in [6.07, 6.45) is 3.41. The molecule has 0 saturated heterocycles. The van der Waals surface area contributed by atoms with Crippen LogP contribution in [0.5, 0.6) is 0 Å². The van der Waals surface area contributed by atoms with E-state index in [1.54, 1.807) is 12.1 Å². The topological polar surface area (TPSA) is 24.9 Å². The number of pyridine rings is 1. The van der Waals surface area contributed by atoms with E-state index in [2.05, 4.69) is 16.4 Å². The highest BCUT2D eigenvalue weighted by Gasteiger charge is 2.13. The highest BCUT2D eigenvalue weighted by atomic mass is 19.1. The van der Waals surface area contributed by atoms with Crippen LogP contribution in [0.25, 0.3) is 0 Å². The molecule has 19 heavy (non-hydrogen) atoms. The maximum absolute atomic E-state index is 13.2. The molecule has 2 aromatic rings. The number of nitrogens with one attached hydrogen (secondary N) is 1. The first-order valence-corrected chi connectivity index (χ1v) is 6.73. The fourth-order valence-electron chi connectivity index (χ4n) is 2.58. The van der Waals surface area contributed by atoms with Gasteiger partial charge >= 0.3 is 0 Å². The highest BCUT2D eigenvalue weighted by Crippen LogP contribution is 2.24. The van der Waals surface area contributed by atoms with Crippen LogP contribution in [0.2, 0.25) is 0 Å². The van der Waals surface area contributed by atoms with Gasteiger partial charge in [0.25, 0.3) is 0 Å². The van der Waals surface area contributed by atoms with Gasteiger partial charge in [0.05, 0.1) is 6.04 Å². The summed E-state index contributed by atoms with van der Waals surface area (Å²) in [4.78, 5) is 4.64. The van der Waals surface area contributed by atoms with E-state index < -0.39 is 0 Å². The quantitative estimate of drug-likeness (QED) is 0.901. The molecule has 0 fully saturated rings. The molecule has 0 amide bonds. The largest absolute Gasteiger partial charge is 0.364 e. The smallest absolute Gasteiger partial charge is 0.126 e. The molecule has 0 bridgehead atoms. The number of aromatic nitrogens is 1. The Morgan fingerprint density at radius 3 is 2.95 bits per heavy atom. The van der Waals surface area contributed by atoms with Gasteiger partial charge in [0.2, 0.25) is 0 Å². The van der Waals surface area contributed by atoms with Gasteiger partial charge in [0.1, 0.15) is 11.6 Å². The van der Waals surface area contributed by atoms with Crippen LogP contribution in [0.1, 0.15) is 36.2 Å². The molecule has 1 heterocycles. The van der Waals surface area contributed by atoms with E-state index in [0.29, 0.717) is 0 Å². The van der Waals surface area contributed by atoms with Crippen molar-refractivity contribution in [1.29, 1.82) is 0 Å². The fourth-order valence-corrected chi connectivity index (χ4v) is 2.58. The van der Waals surface area contributed by atoms with Gasteiger partial charge in [-0.25, -0.2) is 9.37 Å². The number of hydrogen-bond donors (Lipinski definition) is 1. The Hall–Kier alpha value is -1.90. The number of halogens is 1. The number of fused-ring (bicyclic) bond motifs is 1. The first-order chi connectivity index (χ1) is 9.22. The lowest BCUT2D eigenvalue weighted by Crippen LogP contribution is -2.08. The summed E-state index contributed by atoms with van der Waals surface area (Å²) in [5.41, 5.74) is 3.50. The molecule has 1 aliphatic rings. The van der Waals surface area contributed by atoms with Gasteiger partial charge in [0.15, 0.2) is 0 Å². The summed E-state index contributed by atoms with van der Waals surface area (Å²) in [6.45, 7) is 2.02. The maximum Gasteiger partial charge on any atom is 0.126 e. The van der Waals surface area contributed by atoms with Crippen molar-refractivity contribution in [3.63, 3.8) is 0 Å². The monoisotopic (exact) mass is 256 g/mol. The van der Waals surface area contributed by atoms with E-state index in [-0.39, 0.29) is 11.9 Å². The molecule has 3 heteroatoms. The second kappa shape index (κ2) is 5.00. The van der Waals surface area contributed by atoms with E-state index in [0.717, 1.165) is 24.2 Å². The molecule has 0 saturated carbocycles. The number of hydrogen-bond acceptors (Lipinski definition) is 2. The highest BCUT2D eigenvalue weighted by molar-refractivity contribution is 5.42. The van der Waals surface area contributed by atoms with Crippen molar-refractivity contribution in [2.75, 3.05) is 5.32 Å². The third kappa shape index (κ3) is 2.60. The molecule has 0 radical (unpaired) electrons. The maximum atomic E-state index is 13.2. The normalized spacial score (nSPS) is 15.1. The Morgan fingerprint density at radius 2 is 2.11 bits per heavy atom. The average molecular weight is 256 g/mol. The number of anilines is 1. The zero-order chi connectivity index (χ0) is 13.2. The Labute approximate surface area is 112 Å². The third-order valence-electron chi connectivity index (χ3n) is 3.64. The number of aryl methyl sites for hydroxylation is 2. The van der Waals surface area contributed by atoms with Gasteiger partial charge < -0.3 is 5.32 Å². The first-order valence-electron chi connectivity index (χ1n) is 6.73. The van der Waals surface area contributed by atoms with Crippen LogP contribution in [0, 0.1) is 5.82 Å². The zero-order valence-electron chi connectivity index (χ0n) is 11.0. The van der Waals surface area contributed by atoms with E-state index in [1.807, 2.05) is 19.1 Å². The number of rotatable bonds is 3. The molecule has 1 aromatic heterocycles. The van der Waals surface area contributed by atoms with Gasteiger partial charge in [-0.1, -0.05) is 18.2 Å². The van der Waals surface area contributed by atoms with E-state index in [9.17, 15) is 4.39 Å². The third-order valence-corrected chi connectivity index (χ3v) is 3.64. The molecule has 1 atom stereocenters. The van der Waals surface area contributed by atoms with Crippen molar-refractivity contribution in [1.82, 2.24) is 4.98 Å². The van der Waals surface area contributed by atoms with E-state index >= 15 is 0 Å². The molecule has 0 aliphatic heterocycles. The van der Waals surface area contributed by atoms with Crippen molar-refractivity contribution >= 4 is 5.82 Å². The van der Waals surface area contributed by atoms with Crippen molar-refractivity contribution in [3.8, 4) is 0 Å². The predicted octanol–water partition coefficient (Wildman–Crippen LogP) is 3.88. The molecule has 2 nitrogen and oxygen atoms in total. The predicted molar refractivity (Wildman–Crippen MR) is 74.7 cm³/mol. The van der Waals surface area contributed by atoms with E-state index in [1.165, 1.54) is 23.7 Å². The summed E-state index contributed by atoms with van der Waals surface area (Å²) in [5, 5.41) is 3.34. The molecule has 98 valence electrons. The standard InChI is InChI=1S/C16H17FN2/c1-11(13-5-2-6-14(17)10-13)18-16-9-8-12-4-3-7-15(12)19-16/h2,5-6,8-11H,3-4,7H2,1H3,(H,18,19). The Bertz CT molecular complexity index is 595. The number of benzene rings is 1. The average Bonchev–Trinajstić information content (AvgIpc) is 2.86. The van der Waals surface area contributed by atoms with Crippen LogP contribution in [0.3, 0.4) is 0 Å². The van der Waals surface area contributed by atoms with Crippen molar-refractivity contribution < 1.29 is 4.39 Å². The minimum atomic E-state index is -0.201. The first kappa shape index (κ1) is 12.2. The van der Waals surface area contributed by atoms with Crippen molar-refractivity contribution in [2.45, 2.75) is 32.2 Å². The SMILES string of the molecule is CC(Nc1ccc2c(n1)CCC2)c1cccc(F)c1. The molecule has 1 N–H and O–H groups in total. The summed E-state index contributed by atoms with van der Waals surface area (Å²) in [7, 11) is 0. The summed E-state index contributed by atoms with van der Waals surface area (Å²) < 4.78 is 13.2. The molecule has 1 aromatic carbocycles. The zero-order valence-corrected chi connectivity index (χ0v) is 11.0. The van der Waals surface area contributed by atoms with Crippen LogP contribution in [0.15, 0.2) is 36.4 Å². The van der Waals surface area contributed by atoms with Gasteiger partial charge in [-0.2, -0.15) is 0 Å². The molecular formula is C16H17FN2. The molecule has 1 aliphatic carbocycles. The van der Waals surface area contributed by atoms with Crippen molar-refractivity contribution in [3.05, 3.63) is 59.0 Å². The summed E-state index contributed by atoms with van der Waals surface area (Å²) in [5.74, 6) is 0.672. The fraction of sp³-hybridized carbons (Fsp3) is 0.312. The minimum absolute atomic E-state index is 0.0441. The summed E-state index contributed by atoms with van der Waals surface area (Å²) in [6, 6.07) is 10.9. The lowest BCUT2D eigenvalue weighted by Gasteiger charge is -2.15. The second-order valence-corrected chi connectivity index (χ2v) is 5.08. The Balaban J connectivity index is 1.77. The minimum Gasteiger partial charge on any atom is -0.364 e. The lowest BCUT2D eigenvalue weighted by atomic mass is 10.1. The Morgan fingerprint density at radius 1 is 1.21 bits per heavy atom. The van der Waals surface area contributed by atoms with Crippen LogP contribution < -0.4 is 5.32 Å². The molecule has 3 rings (SSSR count). The number of nitrogens with zero attached hydrogens (tertiary/aromatic N) is 1. The van der Waals surface area contributed by atoms with Gasteiger partial charge in [0, 0.05) is 5.69 Å². The van der Waals surface area contributed by atoms with Crippen LogP contribution in [-0.4, -0.2) is 4.98 Å². The molecule has 0 spiro atoms. The molecule has 1 unspecified atom stereocenters. The lowest BCUT2D eigenvalue weighted by molar-refractivity contribution is 0.623. The van der Waals surface area contributed by atoms with E-state index in [4.69, 9.17) is 0 Å². The van der Waals surface area contributed by atoms with Crippen molar-refractivity contribution in [2.24, 2.45) is 0 Å². The van der Waals surface area contributed by atoms with Gasteiger partial charge in [-0.3, -0.25) is 0 Å². The summed E-state index contributed by atoms with van der Waals surface area (Å²) >= 11 is 0. The van der Waals surface area contributed by atoms with Crippen LogP contribution in [0.4, 0.5) is 10.2 Å². The van der Waals surface area contributed by atoms with Gasteiger partial charge in [-0.05, 0) is 55.5 Å². The van der Waals surface area contributed by atoms with Gasteiger partial charge in [-0.15, -0.1) is 0 Å².